The van der Waals surface area contributed by atoms with Crippen LogP contribution in [0, 0.1) is 11.8 Å². The van der Waals surface area contributed by atoms with Gasteiger partial charge in [-0.2, -0.15) is 0 Å². The molecular formula is C28H60N2O3Si2. The van der Waals surface area contributed by atoms with Crippen molar-refractivity contribution < 1.29 is 13.0 Å². The minimum atomic E-state index is -2.42. The van der Waals surface area contributed by atoms with Gasteiger partial charge in [-0.3, -0.25) is 0 Å². The Balaban J connectivity index is 2.18. The van der Waals surface area contributed by atoms with Crippen LogP contribution < -0.4 is 10.6 Å². The number of hydrogen-bond donors (Lipinski definition) is 2. The Hall–Kier alpha value is 0.234. The Morgan fingerprint density at radius 3 is 1.20 bits per heavy atom. The molecule has 0 spiro atoms. The molecule has 2 N–H and O–H groups in total. The van der Waals surface area contributed by atoms with Crippen molar-refractivity contribution in [3.8, 4) is 0 Å². The average molecular weight is 529 g/mol. The highest BCUT2D eigenvalue weighted by Gasteiger charge is 2.52. The van der Waals surface area contributed by atoms with Crippen LogP contribution in [0.15, 0.2) is 0 Å². The van der Waals surface area contributed by atoms with Crippen molar-refractivity contribution in [3.63, 3.8) is 0 Å². The SMILES string of the molecule is CCC1(C)CC(O[Si](C)(C)O[Si](C)(C)OC2CC(C)(CC)NC(C)(CC)C2C)C(C)C(C)(CC)N1. The van der Waals surface area contributed by atoms with Crippen LogP contribution in [0.1, 0.15) is 108 Å². The highest BCUT2D eigenvalue weighted by atomic mass is 28.5. The second kappa shape index (κ2) is 10.8. The summed E-state index contributed by atoms with van der Waals surface area (Å²) in [6.07, 6.45) is 6.83. The molecule has 208 valence electrons. The van der Waals surface area contributed by atoms with Crippen molar-refractivity contribution in [1.29, 1.82) is 0 Å². The lowest BCUT2D eigenvalue weighted by atomic mass is 9.70. The third kappa shape index (κ3) is 7.21. The molecule has 0 saturated carbocycles. The average Bonchev–Trinajstić information content (AvgIpc) is 2.74. The summed E-state index contributed by atoms with van der Waals surface area (Å²) in [4.78, 5) is 0. The van der Waals surface area contributed by atoms with Crippen LogP contribution in [0.2, 0.25) is 26.2 Å². The molecule has 0 aromatic heterocycles. The van der Waals surface area contributed by atoms with Crippen molar-refractivity contribution in [2.45, 2.75) is 168 Å². The molecule has 0 aromatic carbocycles. The minimum absolute atomic E-state index is 0.0708. The van der Waals surface area contributed by atoms with Gasteiger partial charge in [-0.05, 0) is 104 Å². The number of nitrogens with one attached hydrogen (secondary N) is 2. The van der Waals surface area contributed by atoms with E-state index in [0.29, 0.717) is 11.8 Å². The van der Waals surface area contributed by atoms with Crippen LogP contribution in [-0.4, -0.2) is 51.5 Å². The Kier molecular flexibility index (Phi) is 9.68. The van der Waals surface area contributed by atoms with Gasteiger partial charge in [0.05, 0.1) is 12.2 Å². The van der Waals surface area contributed by atoms with Gasteiger partial charge >= 0.3 is 17.1 Å². The minimum Gasteiger partial charge on any atom is -0.415 e. The molecule has 0 aromatic rings. The molecule has 8 unspecified atom stereocenters. The molecule has 0 bridgehead atoms. The molecule has 2 aliphatic rings. The van der Waals surface area contributed by atoms with E-state index in [4.69, 9.17) is 13.0 Å². The Labute approximate surface area is 220 Å². The molecule has 0 radical (unpaired) electrons. The van der Waals surface area contributed by atoms with Crippen LogP contribution in [-0.2, 0) is 13.0 Å². The fraction of sp³-hybridized carbons (Fsp3) is 1.00. The summed E-state index contributed by atoms with van der Waals surface area (Å²) in [5.41, 5.74) is 0.327. The first-order chi connectivity index (χ1) is 15.8. The van der Waals surface area contributed by atoms with Gasteiger partial charge in [0.2, 0.25) is 0 Å². The molecule has 2 fully saturated rings. The number of piperidine rings is 2. The summed E-state index contributed by atoms with van der Waals surface area (Å²) in [5.74, 6) is 0.848. The molecule has 0 amide bonds. The fourth-order valence-corrected chi connectivity index (χ4v) is 13.9. The topological polar surface area (TPSA) is 51.8 Å². The van der Waals surface area contributed by atoms with Crippen molar-refractivity contribution in [1.82, 2.24) is 10.6 Å². The summed E-state index contributed by atoms with van der Waals surface area (Å²) in [6, 6.07) is 0. The van der Waals surface area contributed by atoms with Crippen LogP contribution in [0.3, 0.4) is 0 Å². The van der Waals surface area contributed by atoms with E-state index in [0.717, 1.165) is 38.5 Å². The van der Waals surface area contributed by atoms with E-state index in [9.17, 15) is 0 Å². The zero-order chi connectivity index (χ0) is 27.1. The highest BCUT2D eigenvalue weighted by Crippen LogP contribution is 2.42. The van der Waals surface area contributed by atoms with E-state index in [1.165, 1.54) is 0 Å². The summed E-state index contributed by atoms with van der Waals surface area (Å²) >= 11 is 0. The normalized spacial score (nSPS) is 43.4. The second-order valence-electron chi connectivity index (χ2n) is 13.8. The van der Waals surface area contributed by atoms with Gasteiger partial charge in [-0.1, -0.05) is 41.5 Å². The molecule has 35 heavy (non-hydrogen) atoms. The molecule has 0 aliphatic carbocycles. The molecule has 5 nitrogen and oxygen atoms in total. The van der Waals surface area contributed by atoms with Crippen molar-refractivity contribution in [3.05, 3.63) is 0 Å². The molecular weight excluding hydrogens is 468 g/mol. The maximum Gasteiger partial charge on any atom is 0.323 e. The number of hydrogen-bond acceptors (Lipinski definition) is 5. The Bertz CT molecular complexity index is 664. The third-order valence-corrected chi connectivity index (χ3v) is 15.7. The monoisotopic (exact) mass is 528 g/mol. The molecule has 2 rings (SSSR count). The van der Waals surface area contributed by atoms with Crippen LogP contribution in [0.5, 0.6) is 0 Å². The van der Waals surface area contributed by atoms with E-state index >= 15 is 0 Å². The lowest BCUT2D eigenvalue weighted by Gasteiger charge is -2.55. The van der Waals surface area contributed by atoms with Gasteiger partial charge in [0.1, 0.15) is 0 Å². The fourth-order valence-electron chi connectivity index (χ4n) is 6.71. The summed E-state index contributed by atoms with van der Waals surface area (Å²) in [5, 5.41) is 7.95. The standard InChI is InChI=1S/C28H60N2O3Si2/c1-15-25(7)19-23(21(5)27(9,17-3)29-25)31-34(11,12)33-35(13,14)32-24-20-26(8,16-2)30-28(10,18-4)22(24)6/h21-24,29-30H,15-20H2,1-14H3. The Morgan fingerprint density at radius 2 is 0.943 bits per heavy atom. The van der Waals surface area contributed by atoms with Gasteiger partial charge in [0.15, 0.2) is 0 Å². The van der Waals surface area contributed by atoms with Crippen molar-refractivity contribution in [2.24, 2.45) is 11.8 Å². The van der Waals surface area contributed by atoms with Gasteiger partial charge in [-0.15, -0.1) is 0 Å². The van der Waals surface area contributed by atoms with E-state index in [2.05, 4.69) is 106 Å². The maximum absolute atomic E-state index is 6.98. The molecule has 2 aliphatic heterocycles. The molecule has 2 heterocycles. The zero-order valence-electron chi connectivity index (χ0n) is 25.8. The van der Waals surface area contributed by atoms with Crippen molar-refractivity contribution in [2.75, 3.05) is 0 Å². The molecule has 8 atom stereocenters. The van der Waals surface area contributed by atoms with Crippen LogP contribution in [0.25, 0.3) is 0 Å². The molecule has 2 saturated heterocycles. The number of rotatable bonds is 10. The van der Waals surface area contributed by atoms with E-state index in [1.807, 2.05) is 0 Å². The van der Waals surface area contributed by atoms with Crippen molar-refractivity contribution >= 4 is 17.1 Å². The van der Waals surface area contributed by atoms with Gasteiger partial charge in [-0.25, -0.2) is 0 Å². The van der Waals surface area contributed by atoms with E-state index in [-0.39, 0.29) is 34.4 Å². The molecule has 7 heteroatoms. The summed E-state index contributed by atoms with van der Waals surface area (Å²) in [7, 11) is -4.84. The third-order valence-electron chi connectivity index (χ3n) is 9.99. The smallest absolute Gasteiger partial charge is 0.323 e. The highest BCUT2D eigenvalue weighted by molar-refractivity contribution is 6.78. The zero-order valence-corrected chi connectivity index (χ0v) is 27.8. The van der Waals surface area contributed by atoms with Crippen LogP contribution in [0.4, 0.5) is 0 Å². The van der Waals surface area contributed by atoms with Gasteiger partial charge in [0.25, 0.3) is 0 Å². The summed E-state index contributed by atoms with van der Waals surface area (Å²) < 4.78 is 20.9. The summed E-state index contributed by atoms with van der Waals surface area (Å²) in [6.45, 7) is 32.2. The van der Waals surface area contributed by atoms with E-state index in [1.54, 1.807) is 0 Å². The first-order valence-electron chi connectivity index (χ1n) is 14.5. The Morgan fingerprint density at radius 1 is 0.629 bits per heavy atom. The largest absolute Gasteiger partial charge is 0.415 e. The maximum atomic E-state index is 6.98. The quantitative estimate of drug-likeness (QED) is 0.296. The lowest BCUT2D eigenvalue weighted by molar-refractivity contribution is -0.0373. The van der Waals surface area contributed by atoms with E-state index < -0.39 is 17.1 Å². The lowest BCUT2D eigenvalue weighted by Crippen LogP contribution is -2.68. The first kappa shape index (κ1) is 31.5. The van der Waals surface area contributed by atoms with Crippen LogP contribution >= 0.6 is 0 Å². The first-order valence-corrected chi connectivity index (χ1v) is 20.1. The van der Waals surface area contributed by atoms with Gasteiger partial charge in [0, 0.05) is 22.2 Å². The van der Waals surface area contributed by atoms with Gasteiger partial charge < -0.3 is 23.6 Å². The second-order valence-corrected chi connectivity index (χ2v) is 20.7. The predicted molar refractivity (Wildman–Crippen MR) is 154 cm³/mol. The predicted octanol–water partition coefficient (Wildman–Crippen LogP) is 7.11.